The summed E-state index contributed by atoms with van der Waals surface area (Å²) >= 11 is 4.28. The number of benzene rings is 2. The van der Waals surface area contributed by atoms with Gasteiger partial charge in [-0.25, -0.2) is 14.6 Å². The van der Waals surface area contributed by atoms with Crippen molar-refractivity contribution in [2.24, 2.45) is 4.99 Å². The van der Waals surface area contributed by atoms with Crippen LogP contribution >= 0.6 is 45.2 Å². The molecule has 30 heavy (non-hydrogen) atoms. The average Bonchev–Trinajstić information content (AvgIpc) is 3.08. The number of methoxy groups -OCH3 is 1. The first kappa shape index (κ1) is 22.5. The first-order chi connectivity index (χ1) is 14.4. The Bertz CT molecular complexity index is 1030. The molecule has 0 radical (unpaired) electrons. The number of nitrogens with zero attached hydrogens (tertiary/aromatic N) is 1. The topological polar surface area (TPSA) is 83.4 Å². The van der Waals surface area contributed by atoms with Gasteiger partial charge in [-0.1, -0.05) is 0 Å². The van der Waals surface area contributed by atoms with E-state index in [1.54, 1.807) is 18.2 Å². The van der Waals surface area contributed by atoms with Gasteiger partial charge in [-0.3, -0.25) is 0 Å². The fraction of sp³-hybridized carbons (Fsp3) is 0.190. The molecule has 2 aromatic rings. The number of halogens is 2. The van der Waals surface area contributed by atoms with Crippen LogP contribution in [-0.4, -0.2) is 38.2 Å². The Morgan fingerprint density at radius 3 is 2.57 bits per heavy atom. The van der Waals surface area contributed by atoms with Gasteiger partial charge in [0.1, 0.15) is 0 Å². The minimum atomic E-state index is -0.525. The van der Waals surface area contributed by atoms with Crippen LogP contribution in [0.3, 0.4) is 0 Å². The molecular weight excluding hydrogens is 616 g/mol. The minimum Gasteiger partial charge on any atom is -0.490 e. The molecular formula is C21H17I2NO6. The number of rotatable bonds is 7. The van der Waals surface area contributed by atoms with Crippen molar-refractivity contribution in [3.05, 3.63) is 60.4 Å². The van der Waals surface area contributed by atoms with Crippen molar-refractivity contribution >= 4 is 69.1 Å². The number of cyclic esters (lactones) is 1. The van der Waals surface area contributed by atoms with Gasteiger partial charge in [0.05, 0.1) is 17.3 Å². The molecule has 156 valence electrons. The first-order valence-electron chi connectivity index (χ1n) is 8.85. The smallest absolute Gasteiger partial charge is 0.363 e. The van der Waals surface area contributed by atoms with E-state index in [9.17, 15) is 9.59 Å². The number of carbonyl (C=O) groups is 2. The highest BCUT2D eigenvalue weighted by Crippen LogP contribution is 2.35. The van der Waals surface area contributed by atoms with E-state index in [2.05, 4.69) is 54.9 Å². The standard InChI is InChI=1S/C21H17I2NO6/c1-3-28-17-10-12(8-15(23)19(17)29-11-18(25)27-2)9-16-21(26)30-20(24-16)13-4-6-14(22)7-5-13/h4-10H,3,11H2,1-2H3/b16-9-. The van der Waals surface area contributed by atoms with Crippen LogP contribution in [0.25, 0.3) is 6.08 Å². The lowest BCUT2D eigenvalue weighted by Crippen LogP contribution is -2.14. The van der Waals surface area contributed by atoms with E-state index in [1.165, 1.54) is 7.11 Å². The second-order valence-corrected chi connectivity index (χ2v) is 8.38. The van der Waals surface area contributed by atoms with Gasteiger partial charge in [0.2, 0.25) is 5.90 Å². The predicted molar refractivity (Wildman–Crippen MR) is 128 cm³/mol. The van der Waals surface area contributed by atoms with Gasteiger partial charge < -0.3 is 18.9 Å². The van der Waals surface area contributed by atoms with Gasteiger partial charge in [-0.15, -0.1) is 0 Å². The summed E-state index contributed by atoms with van der Waals surface area (Å²) in [7, 11) is 1.29. The van der Waals surface area contributed by atoms with Crippen molar-refractivity contribution < 1.29 is 28.5 Å². The zero-order chi connectivity index (χ0) is 21.7. The minimum absolute atomic E-state index is 0.185. The maximum atomic E-state index is 12.3. The molecule has 1 heterocycles. The second kappa shape index (κ2) is 10.2. The molecule has 0 amide bonds. The Morgan fingerprint density at radius 2 is 1.90 bits per heavy atom. The van der Waals surface area contributed by atoms with E-state index in [1.807, 2.05) is 31.2 Å². The fourth-order valence-corrected chi connectivity index (χ4v) is 3.69. The lowest BCUT2D eigenvalue weighted by molar-refractivity contribution is -0.143. The van der Waals surface area contributed by atoms with Crippen LogP contribution in [0.5, 0.6) is 11.5 Å². The molecule has 0 aliphatic carbocycles. The van der Waals surface area contributed by atoms with Gasteiger partial charge in [0, 0.05) is 9.13 Å². The Labute approximate surface area is 200 Å². The molecule has 3 rings (SSSR count). The predicted octanol–water partition coefficient (Wildman–Crippen LogP) is 4.19. The van der Waals surface area contributed by atoms with Crippen molar-refractivity contribution in [3.8, 4) is 11.5 Å². The fourth-order valence-electron chi connectivity index (χ4n) is 2.55. The number of hydrogen-bond acceptors (Lipinski definition) is 7. The average molecular weight is 633 g/mol. The molecule has 0 aromatic heterocycles. The molecule has 0 fully saturated rings. The van der Waals surface area contributed by atoms with E-state index < -0.39 is 11.9 Å². The normalized spacial score (nSPS) is 14.3. The number of hydrogen-bond donors (Lipinski definition) is 0. The monoisotopic (exact) mass is 633 g/mol. The molecule has 1 aliphatic heterocycles. The molecule has 2 aromatic carbocycles. The van der Waals surface area contributed by atoms with Gasteiger partial charge in [-0.2, -0.15) is 0 Å². The summed E-state index contributed by atoms with van der Waals surface area (Å²) in [6.07, 6.45) is 1.62. The lowest BCUT2D eigenvalue weighted by Gasteiger charge is -2.14. The Kier molecular flexibility index (Phi) is 7.69. The van der Waals surface area contributed by atoms with E-state index in [0.717, 1.165) is 9.13 Å². The summed E-state index contributed by atoms with van der Waals surface area (Å²) in [5, 5.41) is 0. The molecule has 0 bridgehead atoms. The van der Waals surface area contributed by atoms with Crippen molar-refractivity contribution in [3.63, 3.8) is 0 Å². The Morgan fingerprint density at radius 1 is 1.17 bits per heavy atom. The Balaban J connectivity index is 1.91. The summed E-state index contributed by atoms with van der Waals surface area (Å²) in [6, 6.07) is 11.0. The zero-order valence-electron chi connectivity index (χ0n) is 16.1. The largest absolute Gasteiger partial charge is 0.490 e. The molecule has 1 aliphatic rings. The molecule has 0 saturated carbocycles. The number of aliphatic imine (C=N–C) groups is 1. The van der Waals surface area contributed by atoms with Gasteiger partial charge in [-0.05, 0) is 100 Å². The molecule has 7 nitrogen and oxygen atoms in total. The lowest BCUT2D eigenvalue weighted by atomic mass is 10.1. The van der Waals surface area contributed by atoms with Crippen molar-refractivity contribution in [1.82, 2.24) is 0 Å². The third-order valence-corrected chi connectivity index (χ3v) is 5.43. The van der Waals surface area contributed by atoms with Gasteiger partial charge >= 0.3 is 11.9 Å². The number of ether oxygens (including phenoxy) is 4. The van der Waals surface area contributed by atoms with Crippen LogP contribution in [0.2, 0.25) is 0 Å². The third-order valence-electron chi connectivity index (χ3n) is 3.91. The molecule has 9 heteroatoms. The van der Waals surface area contributed by atoms with Crippen LogP contribution in [-0.2, 0) is 19.1 Å². The van der Waals surface area contributed by atoms with Crippen molar-refractivity contribution in [2.75, 3.05) is 20.3 Å². The number of carbonyl (C=O) groups excluding carboxylic acids is 2. The summed E-state index contributed by atoms with van der Waals surface area (Å²) in [5.41, 5.74) is 1.60. The van der Waals surface area contributed by atoms with Crippen LogP contribution in [0, 0.1) is 7.14 Å². The van der Waals surface area contributed by atoms with Crippen LogP contribution in [0.4, 0.5) is 0 Å². The molecule has 0 spiro atoms. The van der Waals surface area contributed by atoms with E-state index in [0.29, 0.717) is 27.2 Å². The molecule has 0 N–H and O–H groups in total. The number of esters is 2. The summed E-state index contributed by atoms with van der Waals surface area (Å²) in [5.74, 6) is 0.129. The highest BCUT2D eigenvalue weighted by Gasteiger charge is 2.24. The quantitative estimate of drug-likeness (QED) is 0.259. The van der Waals surface area contributed by atoms with Crippen LogP contribution in [0.1, 0.15) is 18.1 Å². The maximum Gasteiger partial charge on any atom is 0.363 e. The summed E-state index contributed by atoms with van der Waals surface area (Å²) in [4.78, 5) is 28.0. The molecule has 0 unspecified atom stereocenters. The van der Waals surface area contributed by atoms with Crippen LogP contribution in [0.15, 0.2) is 47.1 Å². The second-order valence-electron chi connectivity index (χ2n) is 5.97. The third kappa shape index (κ3) is 5.50. The highest BCUT2D eigenvalue weighted by atomic mass is 127. The molecule has 0 saturated heterocycles. The highest BCUT2D eigenvalue weighted by molar-refractivity contribution is 14.1. The summed E-state index contributed by atoms with van der Waals surface area (Å²) in [6.45, 7) is 2.01. The maximum absolute atomic E-state index is 12.3. The van der Waals surface area contributed by atoms with Gasteiger partial charge in [0.25, 0.3) is 0 Å². The summed E-state index contributed by atoms with van der Waals surface area (Å²) < 4.78 is 22.9. The van der Waals surface area contributed by atoms with Crippen LogP contribution < -0.4 is 9.47 Å². The molecule has 0 atom stereocenters. The SMILES string of the molecule is CCOc1cc(/C=C2\N=C(c3ccc(I)cc3)OC2=O)cc(I)c1OCC(=O)OC. The first-order valence-corrected chi connectivity index (χ1v) is 11.0. The van der Waals surface area contributed by atoms with Crippen molar-refractivity contribution in [2.45, 2.75) is 6.92 Å². The van der Waals surface area contributed by atoms with E-state index in [4.69, 9.17) is 14.2 Å². The van der Waals surface area contributed by atoms with E-state index in [-0.39, 0.29) is 18.2 Å². The van der Waals surface area contributed by atoms with Gasteiger partial charge in [0.15, 0.2) is 23.8 Å². The van der Waals surface area contributed by atoms with Crippen molar-refractivity contribution in [1.29, 1.82) is 0 Å². The Hall–Kier alpha value is -2.15. The van der Waals surface area contributed by atoms with E-state index >= 15 is 0 Å². The zero-order valence-corrected chi connectivity index (χ0v) is 20.4.